The highest BCUT2D eigenvalue weighted by Gasteiger charge is 2.25. The quantitative estimate of drug-likeness (QED) is 0.253. The molecule has 1 saturated heterocycles. The Kier molecular flexibility index (Phi) is 6.68. The van der Waals surface area contributed by atoms with Gasteiger partial charge in [-0.25, -0.2) is 4.98 Å². The second kappa shape index (κ2) is 10.4. The summed E-state index contributed by atoms with van der Waals surface area (Å²) in [5.74, 6) is 0.993. The highest BCUT2D eigenvalue weighted by molar-refractivity contribution is 9.10. The molecule has 0 radical (unpaired) electrons. The van der Waals surface area contributed by atoms with Crippen LogP contribution in [0.1, 0.15) is 28.8 Å². The standard InChI is InChI=1S/C31H28BrN5O/c1-21-7-5-6-10-26(21)28-19-29(37-30(35-28)27(32)20-33-37)34-25-15-17-36(18-16-25)31(38)24-13-11-23(12-14-24)22-8-3-2-4-9-22/h2-14,19-20,25,34H,15-18H2,1H3. The summed E-state index contributed by atoms with van der Waals surface area (Å²) in [4.78, 5) is 20.0. The normalized spacial score (nSPS) is 14.1. The monoisotopic (exact) mass is 565 g/mol. The Morgan fingerprint density at radius 1 is 0.921 bits per heavy atom. The third kappa shape index (κ3) is 4.82. The molecule has 0 atom stereocenters. The molecule has 0 saturated carbocycles. The van der Waals surface area contributed by atoms with Gasteiger partial charge in [0.2, 0.25) is 0 Å². The van der Waals surface area contributed by atoms with Gasteiger partial charge in [0.15, 0.2) is 5.65 Å². The van der Waals surface area contributed by atoms with Gasteiger partial charge in [-0.3, -0.25) is 4.79 Å². The van der Waals surface area contributed by atoms with E-state index in [2.05, 4.69) is 63.6 Å². The first-order valence-corrected chi connectivity index (χ1v) is 13.7. The predicted molar refractivity (Wildman–Crippen MR) is 155 cm³/mol. The van der Waals surface area contributed by atoms with Gasteiger partial charge in [-0.05, 0) is 64.5 Å². The zero-order chi connectivity index (χ0) is 26.1. The van der Waals surface area contributed by atoms with Gasteiger partial charge in [-0.1, -0.05) is 66.7 Å². The van der Waals surface area contributed by atoms with Crippen LogP contribution < -0.4 is 5.32 Å². The average molecular weight is 567 g/mol. The van der Waals surface area contributed by atoms with Gasteiger partial charge in [0.25, 0.3) is 5.91 Å². The van der Waals surface area contributed by atoms with Gasteiger partial charge in [0.05, 0.1) is 16.4 Å². The number of nitrogens with one attached hydrogen (secondary N) is 1. The molecule has 6 rings (SSSR count). The van der Waals surface area contributed by atoms with E-state index in [9.17, 15) is 4.79 Å². The van der Waals surface area contributed by atoms with Crippen molar-refractivity contribution in [1.82, 2.24) is 19.5 Å². The molecule has 5 aromatic rings. The number of carbonyl (C=O) groups excluding carboxylic acids is 1. The molecule has 1 N–H and O–H groups in total. The highest BCUT2D eigenvalue weighted by atomic mass is 79.9. The van der Waals surface area contributed by atoms with E-state index in [1.165, 1.54) is 5.56 Å². The lowest BCUT2D eigenvalue weighted by atomic mass is 10.0. The molecule has 1 aliphatic rings. The predicted octanol–water partition coefficient (Wildman–Crippen LogP) is 6.85. The fourth-order valence-electron chi connectivity index (χ4n) is 5.09. The van der Waals surface area contributed by atoms with Crippen LogP contribution in [-0.2, 0) is 0 Å². The lowest BCUT2D eigenvalue weighted by molar-refractivity contribution is 0.0718. The number of aromatic nitrogens is 3. The first-order chi connectivity index (χ1) is 18.6. The largest absolute Gasteiger partial charge is 0.367 e. The van der Waals surface area contributed by atoms with Crippen molar-refractivity contribution in [3.63, 3.8) is 0 Å². The molecule has 0 spiro atoms. The van der Waals surface area contributed by atoms with Crippen LogP contribution in [0.5, 0.6) is 0 Å². The van der Waals surface area contributed by atoms with E-state index in [1.807, 2.05) is 64.0 Å². The van der Waals surface area contributed by atoms with Gasteiger partial charge in [-0.2, -0.15) is 9.61 Å². The molecule has 1 amide bonds. The van der Waals surface area contributed by atoms with Crippen LogP contribution in [0.3, 0.4) is 0 Å². The molecule has 1 fully saturated rings. The van der Waals surface area contributed by atoms with Crippen molar-refractivity contribution in [2.24, 2.45) is 0 Å². The van der Waals surface area contributed by atoms with Crippen molar-refractivity contribution in [3.8, 4) is 22.4 Å². The van der Waals surface area contributed by atoms with Crippen LogP contribution in [0, 0.1) is 6.92 Å². The van der Waals surface area contributed by atoms with E-state index in [1.54, 1.807) is 6.20 Å². The molecule has 7 heteroatoms. The number of hydrogen-bond acceptors (Lipinski definition) is 4. The van der Waals surface area contributed by atoms with Gasteiger partial charge in [-0.15, -0.1) is 0 Å². The van der Waals surface area contributed by atoms with Crippen molar-refractivity contribution < 1.29 is 4.79 Å². The Morgan fingerprint density at radius 3 is 2.34 bits per heavy atom. The molecule has 0 unspecified atom stereocenters. The zero-order valence-corrected chi connectivity index (χ0v) is 22.7. The number of likely N-dealkylation sites (tertiary alicyclic amines) is 1. The molecule has 0 bridgehead atoms. The molecular weight excluding hydrogens is 538 g/mol. The molecule has 2 aromatic heterocycles. The van der Waals surface area contributed by atoms with Crippen LogP contribution in [0.2, 0.25) is 0 Å². The highest BCUT2D eigenvalue weighted by Crippen LogP contribution is 2.29. The topological polar surface area (TPSA) is 62.5 Å². The van der Waals surface area contributed by atoms with Gasteiger partial charge < -0.3 is 10.2 Å². The number of hydrogen-bond donors (Lipinski definition) is 1. The number of amides is 1. The van der Waals surface area contributed by atoms with Crippen molar-refractivity contribution in [3.05, 3.63) is 107 Å². The third-order valence-electron chi connectivity index (χ3n) is 7.22. The molecule has 1 aliphatic heterocycles. The fraction of sp³-hybridized carbons (Fsp3) is 0.194. The first kappa shape index (κ1) is 24.4. The van der Waals surface area contributed by atoms with Crippen molar-refractivity contribution in [2.45, 2.75) is 25.8 Å². The molecular formula is C31H28BrN5O. The summed E-state index contributed by atoms with van der Waals surface area (Å²) >= 11 is 3.60. The Labute approximate surface area is 230 Å². The number of halogens is 1. The lowest BCUT2D eigenvalue weighted by Gasteiger charge is -2.33. The van der Waals surface area contributed by atoms with Crippen molar-refractivity contribution in [2.75, 3.05) is 18.4 Å². The molecule has 0 aliphatic carbocycles. The van der Waals surface area contributed by atoms with E-state index in [0.717, 1.165) is 56.7 Å². The summed E-state index contributed by atoms with van der Waals surface area (Å²) in [7, 11) is 0. The number of anilines is 1. The summed E-state index contributed by atoms with van der Waals surface area (Å²) in [5.41, 5.74) is 6.96. The van der Waals surface area contributed by atoms with E-state index < -0.39 is 0 Å². The summed E-state index contributed by atoms with van der Waals surface area (Å²) in [6.07, 6.45) is 3.50. The number of rotatable bonds is 5. The van der Waals surface area contributed by atoms with Crippen molar-refractivity contribution >= 4 is 33.3 Å². The summed E-state index contributed by atoms with van der Waals surface area (Å²) in [6, 6.07) is 28.7. The third-order valence-corrected chi connectivity index (χ3v) is 7.78. The summed E-state index contributed by atoms with van der Waals surface area (Å²) < 4.78 is 2.70. The number of benzene rings is 3. The van der Waals surface area contributed by atoms with Crippen molar-refractivity contribution in [1.29, 1.82) is 0 Å². The number of fused-ring (bicyclic) bond motifs is 1. The smallest absolute Gasteiger partial charge is 0.253 e. The molecule has 3 aromatic carbocycles. The Morgan fingerprint density at radius 2 is 1.61 bits per heavy atom. The van der Waals surface area contributed by atoms with Crippen LogP contribution >= 0.6 is 15.9 Å². The minimum Gasteiger partial charge on any atom is -0.367 e. The van der Waals surface area contributed by atoms with Crippen LogP contribution in [0.15, 0.2) is 95.6 Å². The molecule has 38 heavy (non-hydrogen) atoms. The van der Waals surface area contributed by atoms with Gasteiger partial charge in [0, 0.05) is 36.3 Å². The fourth-order valence-corrected chi connectivity index (χ4v) is 5.44. The Bertz CT molecular complexity index is 1590. The zero-order valence-electron chi connectivity index (χ0n) is 21.1. The Hall–Kier alpha value is -3.97. The maximum Gasteiger partial charge on any atom is 0.253 e. The van der Waals surface area contributed by atoms with Gasteiger partial charge in [0.1, 0.15) is 5.82 Å². The number of aryl methyl sites for hydroxylation is 1. The van der Waals surface area contributed by atoms with E-state index in [0.29, 0.717) is 13.1 Å². The number of carbonyl (C=O) groups is 1. The van der Waals surface area contributed by atoms with Crippen LogP contribution in [0.4, 0.5) is 5.82 Å². The Balaban J connectivity index is 1.16. The average Bonchev–Trinajstić information content (AvgIpc) is 3.34. The maximum atomic E-state index is 13.2. The van der Waals surface area contributed by atoms with E-state index >= 15 is 0 Å². The van der Waals surface area contributed by atoms with Crippen LogP contribution in [-0.4, -0.2) is 44.5 Å². The molecule has 6 nitrogen and oxygen atoms in total. The number of nitrogens with zero attached hydrogens (tertiary/aromatic N) is 4. The maximum absolute atomic E-state index is 13.2. The minimum absolute atomic E-state index is 0.0900. The molecule has 190 valence electrons. The molecule has 3 heterocycles. The SMILES string of the molecule is Cc1ccccc1-c1cc(NC2CCN(C(=O)c3ccc(-c4ccccc4)cc3)CC2)n2ncc(Br)c2n1. The van der Waals surface area contributed by atoms with Gasteiger partial charge >= 0.3 is 0 Å². The van der Waals surface area contributed by atoms with E-state index in [-0.39, 0.29) is 11.9 Å². The van der Waals surface area contributed by atoms with E-state index in [4.69, 9.17) is 4.98 Å². The summed E-state index contributed by atoms with van der Waals surface area (Å²) in [6.45, 7) is 3.51. The summed E-state index contributed by atoms with van der Waals surface area (Å²) in [5, 5.41) is 8.23. The van der Waals surface area contributed by atoms with Crippen LogP contribution in [0.25, 0.3) is 28.0 Å². The lowest BCUT2D eigenvalue weighted by Crippen LogP contribution is -2.42. The second-order valence-electron chi connectivity index (χ2n) is 9.72. The number of piperidine rings is 1. The first-order valence-electron chi connectivity index (χ1n) is 12.9. The minimum atomic E-state index is 0.0900. The second-order valence-corrected chi connectivity index (χ2v) is 10.6.